The Labute approximate surface area is 130 Å². The van der Waals surface area contributed by atoms with Gasteiger partial charge in [-0.3, -0.25) is 4.72 Å². The van der Waals surface area contributed by atoms with Crippen LogP contribution in [-0.2, 0) is 10.0 Å². The summed E-state index contributed by atoms with van der Waals surface area (Å²) in [7, 11) is -3.84. The van der Waals surface area contributed by atoms with Crippen LogP contribution in [-0.4, -0.2) is 13.4 Å². The fourth-order valence-electron chi connectivity index (χ4n) is 1.96. The number of halogens is 2. The van der Waals surface area contributed by atoms with Crippen molar-refractivity contribution in [3.63, 3.8) is 0 Å². The number of aromatic nitrogens is 1. The maximum atomic E-state index is 13.1. The van der Waals surface area contributed by atoms with Crippen LogP contribution in [0.3, 0.4) is 0 Å². The third kappa shape index (κ3) is 2.77. The van der Waals surface area contributed by atoms with Crippen LogP contribution in [0.2, 0.25) is 5.02 Å². The molecule has 0 aliphatic carbocycles. The number of fused-ring (bicyclic) bond motifs is 1. The first kappa shape index (κ1) is 14.8. The van der Waals surface area contributed by atoms with Crippen molar-refractivity contribution in [2.24, 2.45) is 0 Å². The van der Waals surface area contributed by atoms with Gasteiger partial charge in [-0.1, -0.05) is 11.6 Å². The molecule has 1 heterocycles. The van der Waals surface area contributed by atoms with Crippen LogP contribution in [0.25, 0.3) is 11.1 Å². The second kappa shape index (κ2) is 5.26. The average molecular weight is 341 g/mol. The summed E-state index contributed by atoms with van der Waals surface area (Å²) < 4.78 is 45.4. The monoisotopic (exact) mass is 340 g/mol. The smallest absolute Gasteiger partial charge is 0.261 e. The van der Waals surface area contributed by atoms with Gasteiger partial charge in [-0.15, -0.1) is 0 Å². The zero-order valence-corrected chi connectivity index (χ0v) is 12.9. The Morgan fingerprint density at radius 1 is 1.23 bits per heavy atom. The lowest BCUT2D eigenvalue weighted by molar-refractivity contribution is 0.561. The Hall–Kier alpha value is -2.12. The van der Waals surface area contributed by atoms with Gasteiger partial charge in [-0.05, 0) is 36.4 Å². The van der Waals surface area contributed by atoms with Crippen LogP contribution in [0.1, 0.15) is 5.89 Å². The van der Waals surface area contributed by atoms with Crippen molar-refractivity contribution in [2.45, 2.75) is 11.8 Å². The van der Waals surface area contributed by atoms with Crippen molar-refractivity contribution in [2.75, 3.05) is 4.72 Å². The van der Waals surface area contributed by atoms with E-state index < -0.39 is 15.8 Å². The minimum absolute atomic E-state index is 0.0220. The summed E-state index contributed by atoms with van der Waals surface area (Å²) in [5.41, 5.74) is 1.11. The fraction of sp³-hybridized carbons (Fsp3) is 0.0714. The van der Waals surface area contributed by atoms with E-state index in [1.807, 2.05) is 0 Å². The van der Waals surface area contributed by atoms with Crippen LogP contribution < -0.4 is 4.72 Å². The lowest BCUT2D eigenvalue weighted by Crippen LogP contribution is -2.12. The Bertz CT molecular complexity index is 969. The van der Waals surface area contributed by atoms with E-state index in [4.69, 9.17) is 16.0 Å². The first-order valence-corrected chi connectivity index (χ1v) is 8.06. The number of rotatable bonds is 3. The number of nitrogens with one attached hydrogen (secondary N) is 1. The molecular formula is C14H10ClFN2O3S. The largest absolute Gasteiger partial charge is 0.441 e. The number of aryl methyl sites for hydroxylation is 1. The number of hydrogen-bond donors (Lipinski definition) is 1. The minimum Gasteiger partial charge on any atom is -0.441 e. The van der Waals surface area contributed by atoms with E-state index in [1.54, 1.807) is 6.92 Å². The summed E-state index contributed by atoms with van der Waals surface area (Å²) >= 11 is 5.64. The minimum atomic E-state index is -3.84. The predicted octanol–water partition coefficient (Wildman–Crippen LogP) is 3.73. The summed E-state index contributed by atoms with van der Waals surface area (Å²) in [5.74, 6) is -0.174. The first-order valence-electron chi connectivity index (χ1n) is 6.20. The molecule has 114 valence electrons. The summed E-state index contributed by atoms with van der Waals surface area (Å²) in [4.78, 5) is 4.11. The van der Waals surface area contributed by atoms with Gasteiger partial charge in [0.15, 0.2) is 11.5 Å². The third-order valence-electron chi connectivity index (χ3n) is 2.95. The molecule has 5 nitrogen and oxygen atoms in total. The molecule has 0 fully saturated rings. The van der Waals surface area contributed by atoms with E-state index in [2.05, 4.69) is 9.71 Å². The molecule has 0 aliphatic heterocycles. The van der Waals surface area contributed by atoms with E-state index in [0.717, 1.165) is 6.07 Å². The number of anilines is 1. The van der Waals surface area contributed by atoms with Crippen molar-refractivity contribution in [1.82, 2.24) is 4.98 Å². The molecule has 3 rings (SSSR count). The highest BCUT2D eigenvalue weighted by molar-refractivity contribution is 7.92. The average Bonchev–Trinajstić information content (AvgIpc) is 2.81. The maximum absolute atomic E-state index is 13.1. The Morgan fingerprint density at radius 3 is 2.73 bits per heavy atom. The molecule has 0 atom stereocenters. The van der Waals surface area contributed by atoms with Crippen LogP contribution in [0.5, 0.6) is 0 Å². The second-order valence-electron chi connectivity index (χ2n) is 4.60. The van der Waals surface area contributed by atoms with Crippen molar-refractivity contribution >= 4 is 38.4 Å². The van der Waals surface area contributed by atoms with Gasteiger partial charge in [-0.2, -0.15) is 0 Å². The van der Waals surface area contributed by atoms with Crippen molar-refractivity contribution in [3.05, 3.63) is 53.1 Å². The Balaban J connectivity index is 1.98. The van der Waals surface area contributed by atoms with Crippen molar-refractivity contribution in [1.29, 1.82) is 0 Å². The molecule has 2 aromatic carbocycles. The van der Waals surface area contributed by atoms with Crippen LogP contribution >= 0.6 is 11.6 Å². The second-order valence-corrected chi connectivity index (χ2v) is 6.69. The molecular weight excluding hydrogens is 331 g/mol. The Morgan fingerprint density at radius 2 is 2.00 bits per heavy atom. The van der Waals surface area contributed by atoms with Gasteiger partial charge < -0.3 is 4.42 Å². The number of hydrogen-bond acceptors (Lipinski definition) is 4. The van der Waals surface area contributed by atoms with E-state index in [0.29, 0.717) is 17.0 Å². The van der Waals surface area contributed by atoms with Crippen LogP contribution in [0, 0.1) is 12.7 Å². The molecule has 8 heteroatoms. The molecule has 1 aromatic heterocycles. The van der Waals surface area contributed by atoms with E-state index in [9.17, 15) is 12.8 Å². The van der Waals surface area contributed by atoms with Gasteiger partial charge >= 0.3 is 0 Å². The lowest BCUT2D eigenvalue weighted by Gasteiger charge is -2.08. The zero-order chi connectivity index (χ0) is 15.9. The molecule has 0 spiro atoms. The van der Waals surface area contributed by atoms with Gasteiger partial charge in [0.2, 0.25) is 0 Å². The molecule has 0 unspecified atom stereocenters. The van der Waals surface area contributed by atoms with Crippen molar-refractivity contribution < 1.29 is 17.2 Å². The first-order chi connectivity index (χ1) is 10.3. The van der Waals surface area contributed by atoms with Gasteiger partial charge in [0.1, 0.15) is 11.3 Å². The summed E-state index contributed by atoms with van der Waals surface area (Å²) in [6.45, 7) is 1.67. The number of sulfonamides is 1. The zero-order valence-electron chi connectivity index (χ0n) is 11.3. The maximum Gasteiger partial charge on any atom is 0.261 e. The van der Waals surface area contributed by atoms with Crippen LogP contribution in [0.4, 0.5) is 10.1 Å². The van der Waals surface area contributed by atoms with Gasteiger partial charge in [0.05, 0.1) is 15.6 Å². The van der Waals surface area contributed by atoms with Crippen molar-refractivity contribution in [3.8, 4) is 0 Å². The highest BCUT2D eigenvalue weighted by Gasteiger charge is 2.17. The quantitative estimate of drug-likeness (QED) is 0.788. The standard InChI is InChI=1S/C14H10ClFN2O3S/c1-8-17-13-7-10(3-5-14(13)21-8)22(19,20)18-9-2-4-12(16)11(15)6-9/h2-7,18H,1H3. The lowest BCUT2D eigenvalue weighted by atomic mass is 10.3. The number of nitrogens with zero attached hydrogens (tertiary/aromatic N) is 1. The molecule has 0 bridgehead atoms. The van der Waals surface area contributed by atoms with Gasteiger partial charge in [0, 0.05) is 6.92 Å². The highest BCUT2D eigenvalue weighted by Crippen LogP contribution is 2.24. The SMILES string of the molecule is Cc1nc2cc(S(=O)(=O)Nc3ccc(F)c(Cl)c3)ccc2o1. The van der Waals surface area contributed by atoms with Crippen LogP contribution in [0.15, 0.2) is 45.7 Å². The summed E-state index contributed by atoms with van der Waals surface area (Å²) in [5, 5.41) is -0.164. The Kier molecular flexibility index (Phi) is 3.54. The molecule has 3 aromatic rings. The summed E-state index contributed by atoms with van der Waals surface area (Å²) in [6, 6.07) is 7.91. The van der Waals surface area contributed by atoms with E-state index >= 15 is 0 Å². The summed E-state index contributed by atoms with van der Waals surface area (Å²) in [6.07, 6.45) is 0. The fourth-order valence-corrected chi connectivity index (χ4v) is 3.21. The molecule has 0 radical (unpaired) electrons. The van der Waals surface area contributed by atoms with Gasteiger partial charge in [-0.25, -0.2) is 17.8 Å². The van der Waals surface area contributed by atoms with Gasteiger partial charge in [0.25, 0.3) is 10.0 Å². The number of oxazole rings is 1. The number of benzene rings is 2. The molecule has 0 amide bonds. The normalized spacial score (nSPS) is 11.8. The highest BCUT2D eigenvalue weighted by atomic mass is 35.5. The van der Waals surface area contributed by atoms with E-state index in [1.165, 1.54) is 30.3 Å². The molecule has 0 saturated carbocycles. The van der Waals surface area contributed by atoms with E-state index in [-0.39, 0.29) is 15.6 Å². The third-order valence-corrected chi connectivity index (χ3v) is 4.62. The molecule has 22 heavy (non-hydrogen) atoms. The molecule has 0 saturated heterocycles. The molecule has 1 N–H and O–H groups in total. The topological polar surface area (TPSA) is 72.2 Å². The predicted molar refractivity (Wildman–Crippen MR) is 81.0 cm³/mol. The molecule has 0 aliphatic rings.